The number of aromatic nitrogens is 1. The second kappa shape index (κ2) is 10.0. The van der Waals surface area contributed by atoms with Crippen LogP contribution in [-0.4, -0.2) is 42.0 Å². The summed E-state index contributed by atoms with van der Waals surface area (Å²) < 4.78 is 17.6. The highest BCUT2D eigenvalue weighted by atomic mass is 16.5. The Balaban J connectivity index is 1.23. The van der Waals surface area contributed by atoms with Crippen molar-refractivity contribution in [3.05, 3.63) is 88.8 Å². The summed E-state index contributed by atoms with van der Waals surface area (Å²) in [5.74, 6) is 2.43. The molecule has 0 unspecified atom stereocenters. The molecule has 0 saturated carbocycles. The summed E-state index contributed by atoms with van der Waals surface area (Å²) in [6.45, 7) is 6.40. The van der Waals surface area contributed by atoms with Gasteiger partial charge in [-0.1, -0.05) is 35.4 Å². The predicted molar refractivity (Wildman–Crippen MR) is 134 cm³/mol. The Morgan fingerprint density at radius 1 is 0.944 bits per heavy atom. The molecule has 1 saturated heterocycles. The Morgan fingerprint density at radius 3 is 2.28 bits per heavy atom. The van der Waals surface area contributed by atoms with Crippen LogP contribution in [0.15, 0.2) is 69.5 Å². The van der Waals surface area contributed by atoms with E-state index in [1.807, 2.05) is 72.2 Å². The van der Waals surface area contributed by atoms with Gasteiger partial charge in [0.2, 0.25) is 11.6 Å². The molecule has 0 bridgehead atoms. The molecule has 1 aliphatic rings. The first-order valence-electron chi connectivity index (χ1n) is 11.8. The minimum Gasteiger partial charge on any atom is -0.486 e. The van der Waals surface area contributed by atoms with Crippen molar-refractivity contribution in [1.29, 1.82) is 5.26 Å². The monoisotopic (exact) mass is 482 g/mol. The Labute approximate surface area is 209 Å². The molecular formula is C28H26N4O4. The molecule has 2 aromatic heterocycles. The summed E-state index contributed by atoms with van der Waals surface area (Å²) in [6.07, 6.45) is 0. The van der Waals surface area contributed by atoms with E-state index in [1.54, 1.807) is 12.1 Å². The van der Waals surface area contributed by atoms with Gasteiger partial charge in [-0.25, -0.2) is 0 Å². The predicted octanol–water partition coefficient (Wildman–Crippen LogP) is 4.96. The zero-order valence-electron chi connectivity index (χ0n) is 20.2. The van der Waals surface area contributed by atoms with Crippen LogP contribution in [-0.2, 0) is 6.61 Å². The van der Waals surface area contributed by atoms with Crippen LogP contribution in [0, 0.1) is 25.2 Å². The highest BCUT2D eigenvalue weighted by Crippen LogP contribution is 2.30. The number of oxazole rings is 1. The molecule has 0 radical (unpaired) electrons. The third kappa shape index (κ3) is 4.96. The van der Waals surface area contributed by atoms with Crippen LogP contribution >= 0.6 is 0 Å². The van der Waals surface area contributed by atoms with Crippen LogP contribution < -0.4 is 9.64 Å². The van der Waals surface area contributed by atoms with Crippen molar-refractivity contribution in [3.8, 4) is 23.5 Å². The van der Waals surface area contributed by atoms with Gasteiger partial charge in [-0.15, -0.1) is 0 Å². The van der Waals surface area contributed by atoms with Crippen molar-refractivity contribution in [1.82, 2.24) is 9.88 Å². The number of hydrogen-bond donors (Lipinski definition) is 0. The summed E-state index contributed by atoms with van der Waals surface area (Å²) in [4.78, 5) is 20.9. The largest absolute Gasteiger partial charge is 0.486 e. The van der Waals surface area contributed by atoms with E-state index in [9.17, 15) is 10.1 Å². The van der Waals surface area contributed by atoms with E-state index in [2.05, 4.69) is 11.1 Å². The number of benzene rings is 2. The lowest BCUT2D eigenvalue weighted by Crippen LogP contribution is -2.48. The van der Waals surface area contributed by atoms with Crippen LogP contribution in [0.25, 0.3) is 11.7 Å². The molecule has 0 N–H and O–H groups in total. The summed E-state index contributed by atoms with van der Waals surface area (Å²) in [5, 5.41) is 9.64. The van der Waals surface area contributed by atoms with Gasteiger partial charge in [0.25, 0.3) is 11.8 Å². The number of piperazine rings is 1. The molecule has 4 aromatic rings. The van der Waals surface area contributed by atoms with Gasteiger partial charge in [-0.3, -0.25) is 4.79 Å². The molecule has 8 heteroatoms. The topological polar surface area (TPSA) is 95.7 Å². The number of furan rings is 1. The van der Waals surface area contributed by atoms with Crippen molar-refractivity contribution >= 4 is 11.8 Å². The zero-order valence-corrected chi connectivity index (χ0v) is 20.2. The fourth-order valence-corrected chi connectivity index (χ4v) is 4.06. The Kier molecular flexibility index (Phi) is 6.46. The maximum absolute atomic E-state index is 12.8. The minimum absolute atomic E-state index is 0.00406. The van der Waals surface area contributed by atoms with Gasteiger partial charge in [0, 0.05) is 31.7 Å². The average Bonchev–Trinajstić information content (AvgIpc) is 3.56. The molecule has 1 fully saturated rings. The Bertz CT molecular complexity index is 1390. The molecule has 0 aliphatic carbocycles. The smallest absolute Gasteiger partial charge is 0.266 e. The van der Waals surface area contributed by atoms with Crippen LogP contribution in [0.5, 0.6) is 5.75 Å². The van der Waals surface area contributed by atoms with Gasteiger partial charge in [0.1, 0.15) is 24.2 Å². The zero-order chi connectivity index (χ0) is 25.1. The Morgan fingerprint density at radius 2 is 1.61 bits per heavy atom. The second-order valence-electron chi connectivity index (χ2n) is 8.80. The Hall–Kier alpha value is -4.51. The fraction of sp³-hybridized carbons (Fsp3) is 0.250. The lowest BCUT2D eigenvalue weighted by Gasteiger charge is -2.34. The molecule has 1 aliphatic heterocycles. The number of carbonyl (C=O) groups excluding carboxylic acids is 1. The van der Waals surface area contributed by atoms with E-state index in [0.717, 1.165) is 16.9 Å². The van der Waals surface area contributed by atoms with Crippen LogP contribution in [0.2, 0.25) is 0 Å². The number of anilines is 1. The molecule has 182 valence electrons. The summed E-state index contributed by atoms with van der Waals surface area (Å²) in [6, 6.07) is 21.0. The number of carbonyl (C=O) groups is 1. The van der Waals surface area contributed by atoms with E-state index in [1.165, 1.54) is 0 Å². The normalized spacial score (nSPS) is 13.5. The lowest BCUT2D eigenvalue weighted by atomic mass is 10.1. The van der Waals surface area contributed by atoms with Gasteiger partial charge in [-0.05, 0) is 50.2 Å². The van der Waals surface area contributed by atoms with Crippen molar-refractivity contribution < 1.29 is 18.4 Å². The molecule has 0 atom stereocenters. The average molecular weight is 483 g/mol. The molecule has 36 heavy (non-hydrogen) atoms. The number of ether oxygens (including phenoxy) is 1. The number of hydrogen-bond acceptors (Lipinski definition) is 7. The van der Waals surface area contributed by atoms with Crippen LogP contribution in [0.3, 0.4) is 0 Å². The molecule has 5 rings (SSSR count). The number of nitriles is 1. The van der Waals surface area contributed by atoms with E-state index >= 15 is 0 Å². The van der Waals surface area contributed by atoms with Gasteiger partial charge >= 0.3 is 0 Å². The van der Waals surface area contributed by atoms with E-state index in [-0.39, 0.29) is 24.1 Å². The first kappa shape index (κ1) is 23.2. The van der Waals surface area contributed by atoms with Gasteiger partial charge < -0.3 is 23.4 Å². The number of amides is 1. The van der Waals surface area contributed by atoms with Gasteiger partial charge in [0.15, 0.2) is 5.76 Å². The van der Waals surface area contributed by atoms with Crippen molar-refractivity contribution in [3.63, 3.8) is 0 Å². The molecular weight excluding hydrogens is 456 g/mol. The molecule has 3 heterocycles. The van der Waals surface area contributed by atoms with E-state index < -0.39 is 0 Å². The summed E-state index contributed by atoms with van der Waals surface area (Å²) in [7, 11) is 0. The van der Waals surface area contributed by atoms with Crippen molar-refractivity contribution in [2.45, 2.75) is 20.5 Å². The maximum Gasteiger partial charge on any atom is 0.266 e. The molecule has 2 aromatic carbocycles. The highest BCUT2D eigenvalue weighted by molar-refractivity contribution is 5.94. The van der Waals surface area contributed by atoms with Crippen LogP contribution in [0.4, 0.5) is 5.88 Å². The first-order chi connectivity index (χ1) is 17.5. The highest BCUT2D eigenvalue weighted by Gasteiger charge is 2.27. The SMILES string of the molecule is Cc1ccc(OCc2ccc(-c3nc(C#N)c(N4CCN(C(=O)c5ccc(C)cc5)CC4)o3)o2)cc1. The third-order valence-corrected chi connectivity index (χ3v) is 6.14. The number of nitrogens with zero attached hydrogens (tertiary/aromatic N) is 4. The van der Waals surface area contributed by atoms with Gasteiger partial charge in [-0.2, -0.15) is 10.2 Å². The number of aryl methyl sites for hydroxylation is 2. The quantitative estimate of drug-likeness (QED) is 0.383. The maximum atomic E-state index is 12.8. The number of rotatable bonds is 6. The summed E-state index contributed by atoms with van der Waals surface area (Å²) >= 11 is 0. The van der Waals surface area contributed by atoms with E-state index in [0.29, 0.717) is 49.1 Å². The molecule has 1 amide bonds. The summed E-state index contributed by atoms with van der Waals surface area (Å²) in [5.41, 5.74) is 3.14. The first-order valence-corrected chi connectivity index (χ1v) is 11.8. The fourth-order valence-electron chi connectivity index (χ4n) is 4.06. The van der Waals surface area contributed by atoms with Gasteiger partial charge in [0.05, 0.1) is 0 Å². The standard InChI is InChI=1S/C28H26N4O4/c1-19-3-7-21(8-4-19)27(33)31-13-15-32(16-14-31)28-24(17-29)30-26(36-28)25-12-11-23(35-25)18-34-22-9-5-20(2)6-10-22/h3-12H,13-16,18H2,1-2H3. The molecule has 8 nitrogen and oxygen atoms in total. The van der Waals surface area contributed by atoms with Crippen molar-refractivity contribution in [2.24, 2.45) is 0 Å². The van der Waals surface area contributed by atoms with Crippen LogP contribution in [0.1, 0.15) is 32.9 Å². The minimum atomic E-state index is 0.00406. The second-order valence-corrected chi connectivity index (χ2v) is 8.80. The third-order valence-electron chi connectivity index (χ3n) is 6.14. The lowest BCUT2D eigenvalue weighted by molar-refractivity contribution is 0.0745. The van der Waals surface area contributed by atoms with E-state index in [4.69, 9.17) is 13.6 Å². The molecule has 0 spiro atoms. The van der Waals surface area contributed by atoms with Crippen molar-refractivity contribution in [2.75, 3.05) is 31.1 Å².